The third-order valence-electron chi connectivity index (χ3n) is 3.15. The van der Waals surface area contributed by atoms with Gasteiger partial charge in [0, 0.05) is 12.2 Å². The molecule has 96 valence electrons. The Kier molecular flexibility index (Phi) is 3.50. The van der Waals surface area contributed by atoms with Crippen LogP contribution >= 0.6 is 0 Å². The van der Waals surface area contributed by atoms with Crippen molar-refractivity contribution in [2.45, 2.75) is 12.8 Å². The Balaban J connectivity index is 1.78. The number of rotatable bonds is 3. The molecule has 1 saturated heterocycles. The van der Waals surface area contributed by atoms with Gasteiger partial charge in [0.1, 0.15) is 11.5 Å². The predicted molar refractivity (Wildman–Crippen MR) is 78.2 cm³/mol. The minimum Gasteiger partial charge on any atom is -0.457 e. The molecule has 0 amide bonds. The quantitative estimate of drug-likeness (QED) is 0.882. The van der Waals surface area contributed by atoms with Crippen LogP contribution in [-0.2, 0) is 0 Å². The van der Waals surface area contributed by atoms with E-state index < -0.39 is 0 Å². The summed E-state index contributed by atoms with van der Waals surface area (Å²) < 4.78 is 5.83. The van der Waals surface area contributed by atoms with Crippen molar-refractivity contribution in [3.8, 4) is 11.5 Å². The van der Waals surface area contributed by atoms with E-state index in [4.69, 9.17) is 4.74 Å². The fourth-order valence-corrected chi connectivity index (χ4v) is 2.23. The molecule has 0 aliphatic carbocycles. The van der Waals surface area contributed by atoms with Crippen molar-refractivity contribution in [2.75, 3.05) is 6.54 Å². The number of para-hydroxylation sites is 1. The van der Waals surface area contributed by atoms with E-state index in [1.54, 1.807) is 0 Å². The predicted octanol–water partition coefficient (Wildman–Crippen LogP) is 4.20. The minimum atomic E-state index is 0.867. The van der Waals surface area contributed by atoms with Crippen molar-refractivity contribution in [2.24, 2.45) is 0 Å². The van der Waals surface area contributed by atoms with Crippen molar-refractivity contribution in [3.05, 3.63) is 65.9 Å². The van der Waals surface area contributed by atoms with Gasteiger partial charge in [0.25, 0.3) is 0 Å². The molecule has 0 atom stereocenters. The summed E-state index contributed by atoms with van der Waals surface area (Å²) in [4.78, 5) is 0. The molecule has 2 aromatic carbocycles. The molecule has 1 aliphatic rings. The van der Waals surface area contributed by atoms with Crippen LogP contribution in [0.3, 0.4) is 0 Å². The SMILES string of the molecule is C(=C1/CCCN1)/c1cccc(Oc2ccccc2)c1. The molecule has 0 bridgehead atoms. The highest BCUT2D eigenvalue weighted by atomic mass is 16.5. The molecular formula is C17H17NO. The third kappa shape index (κ3) is 3.16. The van der Waals surface area contributed by atoms with Crippen molar-refractivity contribution >= 4 is 6.08 Å². The lowest BCUT2D eigenvalue weighted by atomic mass is 10.1. The van der Waals surface area contributed by atoms with Gasteiger partial charge >= 0.3 is 0 Å². The second kappa shape index (κ2) is 5.61. The van der Waals surface area contributed by atoms with E-state index in [1.165, 1.54) is 17.7 Å². The number of ether oxygens (including phenoxy) is 1. The first-order valence-electron chi connectivity index (χ1n) is 6.67. The third-order valence-corrected chi connectivity index (χ3v) is 3.15. The highest BCUT2D eigenvalue weighted by Gasteiger charge is 2.05. The van der Waals surface area contributed by atoms with Crippen LogP contribution in [0.25, 0.3) is 6.08 Å². The fourth-order valence-electron chi connectivity index (χ4n) is 2.23. The molecule has 19 heavy (non-hydrogen) atoms. The molecular weight excluding hydrogens is 234 g/mol. The highest BCUT2D eigenvalue weighted by Crippen LogP contribution is 2.23. The maximum Gasteiger partial charge on any atom is 0.128 e. The molecule has 0 radical (unpaired) electrons. The van der Waals surface area contributed by atoms with Crippen LogP contribution in [0, 0.1) is 0 Å². The molecule has 1 fully saturated rings. The zero-order chi connectivity index (χ0) is 12.9. The van der Waals surface area contributed by atoms with Gasteiger partial charge in [0.15, 0.2) is 0 Å². The van der Waals surface area contributed by atoms with Gasteiger partial charge in [-0.1, -0.05) is 30.3 Å². The number of benzene rings is 2. The van der Waals surface area contributed by atoms with Gasteiger partial charge in [-0.15, -0.1) is 0 Å². The highest BCUT2D eigenvalue weighted by molar-refractivity contribution is 5.55. The van der Waals surface area contributed by atoms with Crippen LogP contribution in [0.4, 0.5) is 0 Å². The average Bonchev–Trinajstić information content (AvgIpc) is 2.93. The topological polar surface area (TPSA) is 21.3 Å². The summed E-state index contributed by atoms with van der Waals surface area (Å²) in [5, 5.41) is 3.39. The molecule has 0 aromatic heterocycles. The molecule has 1 heterocycles. The van der Waals surface area contributed by atoms with Crippen molar-refractivity contribution in [3.63, 3.8) is 0 Å². The first kappa shape index (κ1) is 11.8. The molecule has 2 nitrogen and oxygen atoms in total. The summed E-state index contributed by atoms with van der Waals surface area (Å²) >= 11 is 0. The lowest BCUT2D eigenvalue weighted by Gasteiger charge is -2.06. The summed E-state index contributed by atoms with van der Waals surface area (Å²) in [6.07, 6.45) is 4.57. The van der Waals surface area contributed by atoms with Crippen LogP contribution < -0.4 is 10.1 Å². The number of hydrogen-bond donors (Lipinski definition) is 1. The average molecular weight is 251 g/mol. The van der Waals surface area contributed by atoms with E-state index in [0.717, 1.165) is 24.5 Å². The van der Waals surface area contributed by atoms with E-state index in [9.17, 15) is 0 Å². The molecule has 2 aromatic rings. The Hall–Kier alpha value is -2.22. The van der Waals surface area contributed by atoms with Gasteiger partial charge in [-0.3, -0.25) is 0 Å². The Bertz CT molecular complexity index is 567. The molecule has 0 spiro atoms. The number of nitrogens with one attached hydrogen (secondary N) is 1. The second-order valence-electron chi connectivity index (χ2n) is 4.69. The summed E-state index contributed by atoms with van der Waals surface area (Å²) in [6, 6.07) is 18.0. The van der Waals surface area contributed by atoms with Crippen LogP contribution in [0.15, 0.2) is 60.3 Å². The Morgan fingerprint density at radius 3 is 2.58 bits per heavy atom. The summed E-state index contributed by atoms with van der Waals surface area (Å²) in [5.41, 5.74) is 2.50. The maximum atomic E-state index is 5.83. The van der Waals surface area contributed by atoms with Gasteiger partial charge in [-0.2, -0.15) is 0 Å². The van der Waals surface area contributed by atoms with E-state index in [2.05, 4.69) is 23.5 Å². The summed E-state index contributed by atoms with van der Waals surface area (Å²) in [5.74, 6) is 1.74. The summed E-state index contributed by atoms with van der Waals surface area (Å²) in [7, 11) is 0. The minimum absolute atomic E-state index is 0.867. The van der Waals surface area contributed by atoms with Gasteiger partial charge in [0.2, 0.25) is 0 Å². The maximum absolute atomic E-state index is 5.83. The van der Waals surface area contributed by atoms with E-state index in [0.29, 0.717) is 0 Å². The monoisotopic (exact) mass is 251 g/mol. The molecule has 3 rings (SSSR count). The number of hydrogen-bond acceptors (Lipinski definition) is 2. The van der Waals surface area contributed by atoms with Gasteiger partial charge in [-0.25, -0.2) is 0 Å². The first-order valence-corrected chi connectivity index (χ1v) is 6.67. The lowest BCUT2D eigenvalue weighted by molar-refractivity contribution is 0.482. The van der Waals surface area contributed by atoms with E-state index in [1.807, 2.05) is 42.5 Å². The lowest BCUT2D eigenvalue weighted by Crippen LogP contribution is -2.02. The zero-order valence-corrected chi connectivity index (χ0v) is 10.8. The Labute approximate surface area is 113 Å². The van der Waals surface area contributed by atoms with Crippen molar-refractivity contribution in [1.82, 2.24) is 5.32 Å². The van der Waals surface area contributed by atoms with Gasteiger partial charge in [-0.05, 0) is 48.7 Å². The van der Waals surface area contributed by atoms with Crippen molar-refractivity contribution in [1.29, 1.82) is 0 Å². The summed E-state index contributed by atoms with van der Waals surface area (Å²) in [6.45, 7) is 1.09. The molecule has 0 saturated carbocycles. The molecule has 1 N–H and O–H groups in total. The van der Waals surface area contributed by atoms with Gasteiger partial charge in [0.05, 0.1) is 0 Å². The number of allylic oxidation sites excluding steroid dienone is 1. The normalized spacial score (nSPS) is 16.3. The van der Waals surface area contributed by atoms with Crippen molar-refractivity contribution < 1.29 is 4.74 Å². The second-order valence-corrected chi connectivity index (χ2v) is 4.69. The Morgan fingerprint density at radius 2 is 1.79 bits per heavy atom. The van der Waals surface area contributed by atoms with E-state index in [-0.39, 0.29) is 0 Å². The Morgan fingerprint density at radius 1 is 0.947 bits per heavy atom. The standard InChI is InChI=1S/C17H17NO/c1-2-8-16(9-3-1)19-17-10-4-6-14(13-17)12-15-7-5-11-18-15/h1-4,6,8-10,12-13,18H,5,7,11H2/b15-12+. The zero-order valence-electron chi connectivity index (χ0n) is 10.8. The van der Waals surface area contributed by atoms with E-state index >= 15 is 0 Å². The molecule has 1 aliphatic heterocycles. The van der Waals surface area contributed by atoms with Crippen LogP contribution in [0.5, 0.6) is 11.5 Å². The smallest absolute Gasteiger partial charge is 0.128 e. The largest absolute Gasteiger partial charge is 0.457 e. The van der Waals surface area contributed by atoms with Crippen LogP contribution in [0.2, 0.25) is 0 Å². The first-order chi connectivity index (χ1) is 9.40. The fraction of sp³-hybridized carbons (Fsp3) is 0.176. The van der Waals surface area contributed by atoms with Crippen LogP contribution in [-0.4, -0.2) is 6.54 Å². The van der Waals surface area contributed by atoms with Crippen LogP contribution in [0.1, 0.15) is 18.4 Å². The molecule has 2 heteroatoms. The van der Waals surface area contributed by atoms with Gasteiger partial charge < -0.3 is 10.1 Å². The molecule has 0 unspecified atom stereocenters.